The van der Waals surface area contributed by atoms with E-state index in [1.54, 1.807) is 22.3 Å². The van der Waals surface area contributed by atoms with Crippen LogP contribution in [-0.2, 0) is 6.42 Å². The third kappa shape index (κ3) is 3.68. The Balaban J connectivity index is 1.51. The van der Waals surface area contributed by atoms with Crippen molar-refractivity contribution in [3.05, 3.63) is 34.5 Å². The van der Waals surface area contributed by atoms with Crippen molar-refractivity contribution in [2.75, 3.05) is 19.6 Å². The van der Waals surface area contributed by atoms with Gasteiger partial charge in [0.15, 0.2) is 0 Å². The predicted octanol–water partition coefficient (Wildman–Crippen LogP) is 1.24. The summed E-state index contributed by atoms with van der Waals surface area (Å²) in [6.45, 7) is 2.55. The van der Waals surface area contributed by atoms with Crippen molar-refractivity contribution in [3.8, 4) is 0 Å². The van der Waals surface area contributed by atoms with Crippen LogP contribution in [-0.4, -0.2) is 40.3 Å². The highest BCUT2D eigenvalue weighted by Gasteiger charge is 2.18. The molecule has 2 N–H and O–H groups in total. The second-order valence-electron chi connectivity index (χ2n) is 5.19. The molecule has 3 heterocycles. The fourth-order valence-electron chi connectivity index (χ4n) is 2.45. The molecule has 2 aromatic heterocycles. The molecular formula is C14H19N5OS. The summed E-state index contributed by atoms with van der Waals surface area (Å²) < 4.78 is 1.81. The van der Waals surface area contributed by atoms with Gasteiger partial charge in [-0.15, -0.1) is 5.10 Å². The summed E-state index contributed by atoms with van der Waals surface area (Å²) in [5, 5.41) is 14.6. The van der Waals surface area contributed by atoms with Gasteiger partial charge in [-0.05, 0) is 48.2 Å². The lowest BCUT2D eigenvalue weighted by molar-refractivity contribution is 0.0943. The number of piperidine rings is 1. The van der Waals surface area contributed by atoms with E-state index in [9.17, 15) is 4.79 Å². The zero-order valence-corrected chi connectivity index (χ0v) is 12.6. The van der Waals surface area contributed by atoms with Gasteiger partial charge in [0, 0.05) is 13.1 Å². The zero-order valence-electron chi connectivity index (χ0n) is 11.8. The quantitative estimate of drug-likeness (QED) is 0.872. The van der Waals surface area contributed by atoms with Crippen molar-refractivity contribution >= 4 is 17.2 Å². The van der Waals surface area contributed by atoms with E-state index in [-0.39, 0.29) is 11.7 Å². The molecule has 0 bridgehead atoms. The largest absolute Gasteiger partial charge is 0.349 e. The lowest BCUT2D eigenvalue weighted by Gasteiger charge is -2.22. The van der Waals surface area contributed by atoms with Gasteiger partial charge >= 0.3 is 0 Å². The van der Waals surface area contributed by atoms with Crippen molar-refractivity contribution in [2.24, 2.45) is 0 Å². The summed E-state index contributed by atoms with van der Waals surface area (Å²) in [7, 11) is 0. The van der Waals surface area contributed by atoms with Crippen molar-refractivity contribution in [1.29, 1.82) is 0 Å². The number of rotatable bonds is 5. The SMILES string of the molecule is O=C(NCCc1ccsc1)c1ncn([C@H]2CCCNC2)n1. The number of aromatic nitrogens is 3. The summed E-state index contributed by atoms with van der Waals surface area (Å²) in [6, 6.07) is 2.37. The Morgan fingerprint density at radius 3 is 3.29 bits per heavy atom. The predicted molar refractivity (Wildman–Crippen MR) is 81.5 cm³/mol. The smallest absolute Gasteiger partial charge is 0.290 e. The Kier molecular flexibility index (Phi) is 4.62. The normalized spacial score (nSPS) is 18.6. The van der Waals surface area contributed by atoms with Crippen LogP contribution < -0.4 is 10.6 Å². The standard InChI is InChI=1S/C14H19N5OS/c20-14(16-6-3-11-4-7-21-9-11)13-17-10-19(18-13)12-2-1-5-15-8-12/h4,7,9-10,12,15H,1-3,5-6,8H2,(H,16,20)/t12-/m0/s1. The van der Waals surface area contributed by atoms with Crippen LogP contribution in [0.5, 0.6) is 0 Å². The maximum absolute atomic E-state index is 12.0. The molecule has 0 radical (unpaired) electrons. The van der Waals surface area contributed by atoms with Crippen LogP contribution in [0, 0.1) is 0 Å². The number of thiophene rings is 1. The number of amides is 1. The van der Waals surface area contributed by atoms with E-state index in [4.69, 9.17) is 0 Å². The highest BCUT2D eigenvalue weighted by molar-refractivity contribution is 7.07. The Morgan fingerprint density at radius 1 is 1.57 bits per heavy atom. The van der Waals surface area contributed by atoms with E-state index in [1.165, 1.54) is 5.56 Å². The zero-order chi connectivity index (χ0) is 14.5. The van der Waals surface area contributed by atoms with Gasteiger partial charge in [-0.2, -0.15) is 11.3 Å². The number of hydrogen-bond acceptors (Lipinski definition) is 5. The van der Waals surface area contributed by atoms with E-state index in [0.717, 1.165) is 32.4 Å². The summed E-state index contributed by atoms with van der Waals surface area (Å²) in [5.74, 6) is 0.0543. The molecule has 0 aliphatic carbocycles. The topological polar surface area (TPSA) is 71.8 Å². The first-order valence-electron chi connectivity index (χ1n) is 7.24. The van der Waals surface area contributed by atoms with E-state index < -0.39 is 0 Å². The summed E-state index contributed by atoms with van der Waals surface area (Å²) in [5.41, 5.74) is 1.24. The van der Waals surface area contributed by atoms with Crippen LogP contribution in [0.3, 0.4) is 0 Å². The van der Waals surface area contributed by atoms with Crippen LogP contribution in [0.25, 0.3) is 0 Å². The third-order valence-electron chi connectivity index (χ3n) is 3.64. The fourth-order valence-corrected chi connectivity index (χ4v) is 3.15. The molecular weight excluding hydrogens is 286 g/mol. The van der Waals surface area contributed by atoms with Crippen LogP contribution in [0.1, 0.15) is 35.1 Å². The molecule has 1 atom stereocenters. The van der Waals surface area contributed by atoms with Gasteiger partial charge in [0.25, 0.3) is 5.91 Å². The Morgan fingerprint density at radius 2 is 2.52 bits per heavy atom. The first-order chi connectivity index (χ1) is 10.3. The second kappa shape index (κ2) is 6.82. The molecule has 1 amide bonds. The van der Waals surface area contributed by atoms with Gasteiger partial charge in [0.05, 0.1) is 6.04 Å². The lowest BCUT2D eigenvalue weighted by atomic mass is 10.1. The molecule has 1 aliphatic rings. The molecule has 0 spiro atoms. The van der Waals surface area contributed by atoms with Crippen LogP contribution in [0.2, 0.25) is 0 Å². The molecule has 1 fully saturated rings. The van der Waals surface area contributed by atoms with E-state index in [0.29, 0.717) is 12.6 Å². The third-order valence-corrected chi connectivity index (χ3v) is 4.37. The van der Waals surface area contributed by atoms with Crippen molar-refractivity contribution in [3.63, 3.8) is 0 Å². The molecule has 0 saturated carbocycles. The number of carbonyl (C=O) groups excluding carboxylic acids is 1. The number of carbonyl (C=O) groups is 1. The van der Waals surface area contributed by atoms with Gasteiger partial charge < -0.3 is 10.6 Å². The molecule has 112 valence electrons. The first-order valence-corrected chi connectivity index (χ1v) is 8.18. The summed E-state index contributed by atoms with van der Waals surface area (Å²) in [4.78, 5) is 16.1. The molecule has 2 aromatic rings. The fraction of sp³-hybridized carbons (Fsp3) is 0.500. The van der Waals surface area contributed by atoms with Crippen LogP contribution in [0.15, 0.2) is 23.2 Å². The summed E-state index contributed by atoms with van der Waals surface area (Å²) >= 11 is 1.67. The molecule has 1 saturated heterocycles. The Hall–Kier alpha value is -1.73. The van der Waals surface area contributed by atoms with Crippen molar-refractivity contribution in [2.45, 2.75) is 25.3 Å². The Bertz CT molecular complexity index is 574. The average Bonchev–Trinajstić information content (AvgIpc) is 3.20. The first kappa shape index (κ1) is 14.2. The molecule has 21 heavy (non-hydrogen) atoms. The summed E-state index contributed by atoms with van der Waals surface area (Å²) in [6.07, 6.45) is 4.70. The highest BCUT2D eigenvalue weighted by Crippen LogP contribution is 2.14. The molecule has 3 rings (SSSR count). The molecule has 7 heteroatoms. The number of hydrogen-bond donors (Lipinski definition) is 2. The minimum Gasteiger partial charge on any atom is -0.349 e. The van der Waals surface area contributed by atoms with Crippen LogP contribution in [0.4, 0.5) is 0 Å². The number of nitrogens with one attached hydrogen (secondary N) is 2. The van der Waals surface area contributed by atoms with Crippen molar-refractivity contribution < 1.29 is 4.79 Å². The maximum Gasteiger partial charge on any atom is 0.290 e. The Labute approximate surface area is 127 Å². The van der Waals surface area contributed by atoms with E-state index in [1.807, 2.05) is 5.38 Å². The van der Waals surface area contributed by atoms with Gasteiger partial charge in [-0.25, -0.2) is 9.67 Å². The second-order valence-corrected chi connectivity index (χ2v) is 5.97. The molecule has 1 aliphatic heterocycles. The van der Waals surface area contributed by atoms with E-state index in [2.05, 4.69) is 32.2 Å². The monoisotopic (exact) mass is 305 g/mol. The van der Waals surface area contributed by atoms with Crippen LogP contribution >= 0.6 is 11.3 Å². The van der Waals surface area contributed by atoms with Gasteiger partial charge in [-0.3, -0.25) is 4.79 Å². The van der Waals surface area contributed by atoms with Crippen molar-refractivity contribution in [1.82, 2.24) is 25.4 Å². The highest BCUT2D eigenvalue weighted by atomic mass is 32.1. The molecule has 6 nitrogen and oxygen atoms in total. The average molecular weight is 305 g/mol. The van der Waals surface area contributed by atoms with Gasteiger partial charge in [0.2, 0.25) is 5.82 Å². The van der Waals surface area contributed by atoms with Gasteiger partial charge in [-0.1, -0.05) is 0 Å². The van der Waals surface area contributed by atoms with E-state index >= 15 is 0 Å². The van der Waals surface area contributed by atoms with Gasteiger partial charge in [0.1, 0.15) is 6.33 Å². The molecule has 0 aromatic carbocycles. The molecule has 0 unspecified atom stereocenters. The maximum atomic E-state index is 12.0. The lowest BCUT2D eigenvalue weighted by Crippen LogP contribution is -2.32. The minimum absolute atomic E-state index is 0.201. The minimum atomic E-state index is -0.201. The number of nitrogens with zero attached hydrogens (tertiary/aromatic N) is 3.